The summed E-state index contributed by atoms with van der Waals surface area (Å²) in [6, 6.07) is 2.82. The van der Waals surface area contributed by atoms with Crippen molar-refractivity contribution in [3.05, 3.63) is 24.0 Å². The SMILES string of the molecule is CCCCOCCn1ccc(C(NCC)C2CC2)c1. The molecule has 1 aromatic heterocycles. The van der Waals surface area contributed by atoms with Crippen LogP contribution in [-0.2, 0) is 11.3 Å². The molecule has 2 rings (SSSR count). The van der Waals surface area contributed by atoms with Crippen molar-refractivity contribution in [3.63, 3.8) is 0 Å². The van der Waals surface area contributed by atoms with E-state index >= 15 is 0 Å². The van der Waals surface area contributed by atoms with Crippen LogP contribution in [0, 0.1) is 5.92 Å². The van der Waals surface area contributed by atoms with Crippen LogP contribution in [0.3, 0.4) is 0 Å². The molecule has 1 atom stereocenters. The van der Waals surface area contributed by atoms with Crippen LogP contribution in [0.25, 0.3) is 0 Å². The number of hydrogen-bond donors (Lipinski definition) is 1. The van der Waals surface area contributed by atoms with Crippen molar-refractivity contribution in [2.45, 2.75) is 52.1 Å². The number of nitrogens with zero attached hydrogens (tertiary/aromatic N) is 1. The first-order valence-electron chi connectivity index (χ1n) is 7.82. The van der Waals surface area contributed by atoms with Gasteiger partial charge >= 0.3 is 0 Å². The van der Waals surface area contributed by atoms with Gasteiger partial charge in [0.05, 0.1) is 6.61 Å². The van der Waals surface area contributed by atoms with Crippen molar-refractivity contribution in [1.82, 2.24) is 9.88 Å². The molecule has 0 amide bonds. The molecule has 108 valence electrons. The van der Waals surface area contributed by atoms with Crippen LogP contribution in [0.4, 0.5) is 0 Å². The van der Waals surface area contributed by atoms with Gasteiger partial charge in [0.1, 0.15) is 0 Å². The van der Waals surface area contributed by atoms with Gasteiger partial charge in [-0.1, -0.05) is 20.3 Å². The van der Waals surface area contributed by atoms with Crippen LogP contribution in [0.5, 0.6) is 0 Å². The minimum absolute atomic E-state index is 0.562. The number of aromatic nitrogens is 1. The second-order valence-electron chi connectivity index (χ2n) is 5.52. The number of unbranched alkanes of at least 4 members (excludes halogenated alkanes) is 1. The van der Waals surface area contributed by atoms with Gasteiger partial charge in [0.2, 0.25) is 0 Å². The largest absolute Gasteiger partial charge is 0.380 e. The number of rotatable bonds is 10. The predicted octanol–water partition coefficient (Wildman–Crippen LogP) is 3.37. The Kier molecular flexibility index (Phi) is 5.93. The summed E-state index contributed by atoms with van der Waals surface area (Å²) in [4.78, 5) is 0. The van der Waals surface area contributed by atoms with Gasteiger partial charge in [-0.15, -0.1) is 0 Å². The molecule has 1 aliphatic carbocycles. The van der Waals surface area contributed by atoms with E-state index in [-0.39, 0.29) is 0 Å². The zero-order valence-electron chi connectivity index (χ0n) is 12.4. The van der Waals surface area contributed by atoms with Gasteiger partial charge in [0, 0.05) is 31.6 Å². The van der Waals surface area contributed by atoms with E-state index in [0.717, 1.165) is 32.2 Å². The molecule has 1 saturated carbocycles. The topological polar surface area (TPSA) is 26.2 Å². The highest BCUT2D eigenvalue weighted by molar-refractivity contribution is 5.18. The molecule has 1 fully saturated rings. The maximum Gasteiger partial charge on any atom is 0.0645 e. The van der Waals surface area contributed by atoms with Gasteiger partial charge in [-0.05, 0) is 43.4 Å². The van der Waals surface area contributed by atoms with Crippen LogP contribution < -0.4 is 5.32 Å². The molecule has 0 aliphatic heterocycles. The molecule has 3 heteroatoms. The second-order valence-corrected chi connectivity index (χ2v) is 5.52. The van der Waals surface area contributed by atoms with Crippen molar-refractivity contribution in [1.29, 1.82) is 0 Å². The molecule has 1 aliphatic rings. The van der Waals surface area contributed by atoms with Crippen molar-refractivity contribution in [2.75, 3.05) is 19.8 Å². The van der Waals surface area contributed by atoms with Crippen molar-refractivity contribution < 1.29 is 4.74 Å². The number of nitrogens with one attached hydrogen (secondary N) is 1. The normalized spacial score (nSPS) is 16.7. The molecule has 0 saturated heterocycles. The molecule has 0 spiro atoms. The molecule has 1 aromatic rings. The van der Waals surface area contributed by atoms with Crippen molar-refractivity contribution in [3.8, 4) is 0 Å². The minimum Gasteiger partial charge on any atom is -0.380 e. The summed E-state index contributed by atoms with van der Waals surface area (Å²) in [6.45, 7) is 8.12. The molecular weight excluding hydrogens is 236 g/mol. The average Bonchev–Trinajstić information content (AvgIpc) is 3.15. The zero-order chi connectivity index (χ0) is 13.5. The van der Waals surface area contributed by atoms with Gasteiger partial charge in [-0.25, -0.2) is 0 Å². The third kappa shape index (κ3) is 4.66. The summed E-state index contributed by atoms with van der Waals surface area (Å²) in [7, 11) is 0. The first-order valence-corrected chi connectivity index (χ1v) is 7.82. The predicted molar refractivity (Wildman–Crippen MR) is 79.3 cm³/mol. The Balaban J connectivity index is 1.77. The summed E-state index contributed by atoms with van der Waals surface area (Å²) in [6.07, 6.45) is 9.60. The third-order valence-electron chi connectivity index (χ3n) is 3.79. The van der Waals surface area contributed by atoms with Crippen molar-refractivity contribution >= 4 is 0 Å². The summed E-state index contributed by atoms with van der Waals surface area (Å²) < 4.78 is 7.88. The van der Waals surface area contributed by atoms with Gasteiger partial charge in [-0.3, -0.25) is 0 Å². The van der Waals surface area contributed by atoms with Gasteiger partial charge in [0.15, 0.2) is 0 Å². The molecule has 1 N–H and O–H groups in total. The third-order valence-corrected chi connectivity index (χ3v) is 3.79. The molecule has 1 heterocycles. The number of hydrogen-bond acceptors (Lipinski definition) is 2. The van der Waals surface area contributed by atoms with E-state index in [1.807, 2.05) is 0 Å². The quantitative estimate of drug-likeness (QED) is 0.656. The Morgan fingerprint density at radius 2 is 2.21 bits per heavy atom. The zero-order valence-corrected chi connectivity index (χ0v) is 12.4. The van der Waals surface area contributed by atoms with Crippen LogP contribution in [0.2, 0.25) is 0 Å². The first-order chi connectivity index (χ1) is 9.35. The Bertz CT molecular complexity index is 357. The van der Waals surface area contributed by atoms with Crippen LogP contribution in [0.1, 0.15) is 51.1 Å². The monoisotopic (exact) mass is 264 g/mol. The number of ether oxygens (including phenoxy) is 1. The van der Waals surface area contributed by atoms with Crippen LogP contribution in [0.15, 0.2) is 18.5 Å². The Labute approximate surface area is 117 Å². The van der Waals surface area contributed by atoms with E-state index in [4.69, 9.17) is 4.74 Å². The van der Waals surface area contributed by atoms with E-state index in [0.29, 0.717) is 6.04 Å². The standard InChI is InChI=1S/C16H28N2O/c1-3-5-11-19-12-10-18-9-8-15(13-18)16(17-4-2)14-6-7-14/h8-9,13-14,16-17H,3-7,10-12H2,1-2H3. The lowest BCUT2D eigenvalue weighted by atomic mass is 10.1. The molecule has 0 aromatic carbocycles. The highest BCUT2D eigenvalue weighted by atomic mass is 16.5. The van der Waals surface area contributed by atoms with E-state index in [9.17, 15) is 0 Å². The fourth-order valence-electron chi connectivity index (χ4n) is 2.51. The van der Waals surface area contributed by atoms with Crippen molar-refractivity contribution in [2.24, 2.45) is 5.92 Å². The average molecular weight is 264 g/mol. The van der Waals surface area contributed by atoms with E-state index < -0.39 is 0 Å². The molecular formula is C16H28N2O. The van der Waals surface area contributed by atoms with Crippen LogP contribution >= 0.6 is 0 Å². The molecule has 3 nitrogen and oxygen atoms in total. The molecule has 1 unspecified atom stereocenters. The van der Waals surface area contributed by atoms with Gasteiger partial charge < -0.3 is 14.6 Å². The Morgan fingerprint density at radius 1 is 1.37 bits per heavy atom. The first kappa shape index (κ1) is 14.6. The molecule has 0 radical (unpaired) electrons. The summed E-state index contributed by atoms with van der Waals surface area (Å²) in [5, 5.41) is 3.61. The minimum atomic E-state index is 0.562. The van der Waals surface area contributed by atoms with Gasteiger partial charge in [0.25, 0.3) is 0 Å². The lowest BCUT2D eigenvalue weighted by Crippen LogP contribution is -2.22. The Morgan fingerprint density at radius 3 is 2.89 bits per heavy atom. The fraction of sp³-hybridized carbons (Fsp3) is 0.750. The second kappa shape index (κ2) is 7.71. The molecule has 0 bridgehead atoms. The highest BCUT2D eigenvalue weighted by Crippen LogP contribution is 2.40. The summed E-state index contributed by atoms with van der Waals surface area (Å²) in [5.74, 6) is 0.858. The van der Waals surface area contributed by atoms with Crippen LogP contribution in [-0.4, -0.2) is 24.3 Å². The lowest BCUT2D eigenvalue weighted by molar-refractivity contribution is 0.123. The lowest BCUT2D eigenvalue weighted by Gasteiger charge is -2.15. The highest BCUT2D eigenvalue weighted by Gasteiger charge is 2.31. The molecule has 19 heavy (non-hydrogen) atoms. The summed E-state index contributed by atoms with van der Waals surface area (Å²) >= 11 is 0. The van der Waals surface area contributed by atoms with E-state index in [1.54, 1.807) is 0 Å². The van der Waals surface area contributed by atoms with E-state index in [2.05, 4.69) is 42.2 Å². The summed E-state index contributed by atoms with van der Waals surface area (Å²) in [5.41, 5.74) is 1.44. The maximum absolute atomic E-state index is 5.62. The van der Waals surface area contributed by atoms with Gasteiger partial charge in [-0.2, -0.15) is 0 Å². The van der Waals surface area contributed by atoms with E-state index in [1.165, 1.54) is 31.2 Å². The Hall–Kier alpha value is -0.800. The fourth-order valence-corrected chi connectivity index (χ4v) is 2.51. The maximum atomic E-state index is 5.62. The smallest absolute Gasteiger partial charge is 0.0645 e.